The molecule has 0 saturated carbocycles. The number of hydrogen-bond acceptors (Lipinski definition) is 3. The average Bonchev–Trinajstić information content (AvgIpc) is 3.95. The van der Waals surface area contributed by atoms with Crippen molar-refractivity contribution in [3.63, 3.8) is 0 Å². The van der Waals surface area contributed by atoms with Crippen LogP contribution in [0, 0.1) is 0 Å². The van der Waals surface area contributed by atoms with Crippen molar-refractivity contribution in [2.45, 2.75) is 5.41 Å². The summed E-state index contributed by atoms with van der Waals surface area (Å²) in [5.41, 5.74) is 20.1. The van der Waals surface area contributed by atoms with E-state index < -0.39 is 5.41 Å². The van der Waals surface area contributed by atoms with E-state index in [2.05, 4.69) is 224 Å². The van der Waals surface area contributed by atoms with Gasteiger partial charge in [-0.1, -0.05) is 212 Å². The maximum atomic E-state index is 6.50. The van der Waals surface area contributed by atoms with Gasteiger partial charge in [-0.2, -0.15) is 0 Å². The molecule has 0 saturated heterocycles. The number of para-hydroxylation sites is 2. The van der Waals surface area contributed by atoms with Gasteiger partial charge < -0.3 is 4.42 Å². The molecule has 0 N–H and O–H groups in total. The van der Waals surface area contributed by atoms with Gasteiger partial charge in [0.2, 0.25) is 0 Å². The lowest BCUT2D eigenvalue weighted by Crippen LogP contribution is -2.28. The van der Waals surface area contributed by atoms with Gasteiger partial charge in [0.15, 0.2) is 5.82 Å². The van der Waals surface area contributed by atoms with E-state index in [1.165, 1.54) is 33.4 Å². The Balaban J connectivity index is 0.991. The Hall–Kier alpha value is -8.92. The van der Waals surface area contributed by atoms with E-state index in [1.807, 2.05) is 30.3 Å². The molecular formula is C65H42N2O. The Morgan fingerprint density at radius 2 is 0.809 bits per heavy atom. The standard InChI is InChI=1S/C65H42N2O/c1-5-19-43(20-6-1)48-38-49(45-35-36-59-57(41-45)54-29-13-15-33-58(54)65(59,51-25-9-3-10-26-51)52-27-11-4-12-28-52)40-50(39-48)61-42-60(66-64(67-61)44-21-7-2-8-22-44)47-24-17-23-46(37-47)53-31-18-32-56-55-30-14-16-34-62(55)68-63(53)56/h1-42H. The lowest BCUT2D eigenvalue weighted by Gasteiger charge is -2.33. The molecule has 0 fully saturated rings. The van der Waals surface area contributed by atoms with E-state index in [4.69, 9.17) is 14.4 Å². The first-order valence-electron chi connectivity index (χ1n) is 23.2. The largest absolute Gasteiger partial charge is 0.455 e. The lowest BCUT2D eigenvalue weighted by atomic mass is 9.67. The molecule has 0 atom stereocenters. The molecule has 318 valence electrons. The summed E-state index contributed by atoms with van der Waals surface area (Å²) < 4.78 is 6.50. The Kier molecular flexibility index (Phi) is 9.40. The maximum Gasteiger partial charge on any atom is 0.160 e. The summed E-state index contributed by atoms with van der Waals surface area (Å²) in [6.45, 7) is 0. The summed E-state index contributed by atoms with van der Waals surface area (Å²) >= 11 is 0. The average molecular weight is 867 g/mol. The Labute approximate surface area is 395 Å². The van der Waals surface area contributed by atoms with Gasteiger partial charge in [0.25, 0.3) is 0 Å². The monoisotopic (exact) mass is 866 g/mol. The molecule has 0 unspecified atom stereocenters. The molecule has 0 aliphatic heterocycles. The molecule has 3 nitrogen and oxygen atoms in total. The maximum absolute atomic E-state index is 6.50. The van der Waals surface area contributed by atoms with Crippen LogP contribution in [0.3, 0.4) is 0 Å². The van der Waals surface area contributed by atoms with Crippen LogP contribution in [0.1, 0.15) is 22.3 Å². The highest BCUT2D eigenvalue weighted by molar-refractivity contribution is 6.09. The highest BCUT2D eigenvalue weighted by atomic mass is 16.3. The Morgan fingerprint density at radius 3 is 1.56 bits per heavy atom. The molecule has 0 amide bonds. The van der Waals surface area contributed by atoms with Gasteiger partial charge in [-0.15, -0.1) is 0 Å². The molecule has 0 bridgehead atoms. The summed E-state index contributed by atoms with van der Waals surface area (Å²) in [5, 5.41) is 2.22. The molecule has 68 heavy (non-hydrogen) atoms. The third-order valence-electron chi connectivity index (χ3n) is 13.8. The van der Waals surface area contributed by atoms with Crippen molar-refractivity contribution in [1.82, 2.24) is 9.97 Å². The van der Waals surface area contributed by atoms with E-state index in [1.54, 1.807) is 0 Å². The zero-order valence-electron chi connectivity index (χ0n) is 37.1. The van der Waals surface area contributed by atoms with Crippen LogP contribution in [-0.2, 0) is 5.41 Å². The molecule has 3 heteroatoms. The number of benzene rings is 10. The first-order valence-corrected chi connectivity index (χ1v) is 23.2. The number of aromatic nitrogens is 2. The van der Waals surface area contributed by atoms with Crippen LogP contribution >= 0.6 is 0 Å². The fraction of sp³-hybridized carbons (Fsp3) is 0.0154. The van der Waals surface area contributed by atoms with Crippen LogP contribution < -0.4 is 0 Å². The fourth-order valence-corrected chi connectivity index (χ4v) is 10.6. The van der Waals surface area contributed by atoms with Crippen LogP contribution in [0.5, 0.6) is 0 Å². The van der Waals surface area contributed by atoms with Gasteiger partial charge in [-0.3, -0.25) is 0 Å². The number of hydrogen-bond donors (Lipinski definition) is 0. The molecular weight excluding hydrogens is 825 g/mol. The molecule has 13 rings (SSSR count). The second-order valence-electron chi connectivity index (χ2n) is 17.6. The van der Waals surface area contributed by atoms with Gasteiger partial charge in [-0.25, -0.2) is 9.97 Å². The van der Waals surface area contributed by atoms with E-state index in [9.17, 15) is 0 Å². The number of furan rings is 1. The zero-order chi connectivity index (χ0) is 45.0. The third kappa shape index (κ3) is 6.51. The molecule has 2 aromatic heterocycles. The van der Waals surface area contributed by atoms with E-state index >= 15 is 0 Å². The summed E-state index contributed by atoms with van der Waals surface area (Å²) in [5.74, 6) is 0.668. The van der Waals surface area contributed by atoms with Crippen molar-refractivity contribution >= 4 is 21.9 Å². The first kappa shape index (κ1) is 39.4. The van der Waals surface area contributed by atoms with Crippen molar-refractivity contribution in [3.8, 4) is 78.4 Å². The molecule has 0 radical (unpaired) electrons. The minimum Gasteiger partial charge on any atom is -0.455 e. The number of fused-ring (bicyclic) bond motifs is 6. The van der Waals surface area contributed by atoms with Crippen LogP contribution in [0.4, 0.5) is 0 Å². The number of nitrogens with zero attached hydrogens (tertiary/aromatic N) is 2. The Morgan fingerprint density at radius 1 is 0.294 bits per heavy atom. The minimum atomic E-state index is -0.467. The third-order valence-corrected chi connectivity index (χ3v) is 13.8. The summed E-state index contributed by atoms with van der Waals surface area (Å²) in [7, 11) is 0. The van der Waals surface area contributed by atoms with E-state index in [0.717, 1.165) is 83.4 Å². The van der Waals surface area contributed by atoms with Gasteiger partial charge in [0, 0.05) is 33.0 Å². The summed E-state index contributed by atoms with van der Waals surface area (Å²) in [6.07, 6.45) is 0. The van der Waals surface area contributed by atoms with Crippen molar-refractivity contribution in [2.24, 2.45) is 0 Å². The van der Waals surface area contributed by atoms with Crippen LogP contribution in [0.2, 0.25) is 0 Å². The molecule has 2 heterocycles. The topological polar surface area (TPSA) is 38.9 Å². The van der Waals surface area contributed by atoms with Crippen molar-refractivity contribution in [3.05, 3.63) is 277 Å². The molecule has 1 aliphatic rings. The summed E-state index contributed by atoms with van der Waals surface area (Å²) in [6, 6.07) is 91.3. The second kappa shape index (κ2) is 16.2. The predicted molar refractivity (Wildman–Crippen MR) is 279 cm³/mol. The molecule has 0 spiro atoms. The SMILES string of the molecule is c1ccc(-c2cc(-c3ccc4c(c3)-c3ccccc3C4(c3ccccc3)c3ccccc3)cc(-c3cc(-c4cccc(-c5cccc6c5oc5ccccc56)c4)nc(-c4ccccc4)n3)c2)cc1. The molecule has 10 aromatic carbocycles. The fourth-order valence-electron chi connectivity index (χ4n) is 10.6. The Bertz CT molecular complexity index is 3800. The second-order valence-corrected chi connectivity index (χ2v) is 17.6. The van der Waals surface area contributed by atoms with Crippen LogP contribution in [0.25, 0.3) is 100 Å². The van der Waals surface area contributed by atoms with E-state index in [0.29, 0.717) is 5.82 Å². The molecule has 12 aromatic rings. The summed E-state index contributed by atoms with van der Waals surface area (Å²) in [4.78, 5) is 10.6. The van der Waals surface area contributed by atoms with Crippen LogP contribution in [-0.4, -0.2) is 9.97 Å². The van der Waals surface area contributed by atoms with Crippen LogP contribution in [0.15, 0.2) is 259 Å². The predicted octanol–water partition coefficient (Wildman–Crippen LogP) is 16.7. The zero-order valence-corrected chi connectivity index (χ0v) is 37.1. The minimum absolute atomic E-state index is 0.467. The first-order chi connectivity index (χ1) is 33.7. The van der Waals surface area contributed by atoms with Gasteiger partial charge in [-0.05, 0) is 104 Å². The smallest absolute Gasteiger partial charge is 0.160 e. The van der Waals surface area contributed by atoms with Gasteiger partial charge >= 0.3 is 0 Å². The quantitative estimate of drug-likeness (QED) is 0.153. The van der Waals surface area contributed by atoms with Crippen molar-refractivity contribution < 1.29 is 4.42 Å². The van der Waals surface area contributed by atoms with Gasteiger partial charge in [0.1, 0.15) is 11.2 Å². The van der Waals surface area contributed by atoms with Crippen molar-refractivity contribution in [2.75, 3.05) is 0 Å². The highest BCUT2D eigenvalue weighted by Gasteiger charge is 2.46. The lowest BCUT2D eigenvalue weighted by molar-refractivity contribution is 0.670. The van der Waals surface area contributed by atoms with E-state index in [-0.39, 0.29) is 0 Å². The normalized spacial score (nSPS) is 12.5. The van der Waals surface area contributed by atoms with Crippen molar-refractivity contribution in [1.29, 1.82) is 0 Å². The van der Waals surface area contributed by atoms with Gasteiger partial charge in [0.05, 0.1) is 16.8 Å². The number of rotatable bonds is 8. The highest BCUT2D eigenvalue weighted by Crippen LogP contribution is 2.56. The molecule has 1 aliphatic carbocycles.